The van der Waals surface area contributed by atoms with E-state index in [0.29, 0.717) is 23.8 Å². The molecule has 5 nitrogen and oxygen atoms in total. The number of amides is 1. The molecule has 1 amide bonds. The van der Waals surface area contributed by atoms with Crippen LogP contribution in [0.25, 0.3) is 5.69 Å². The topological polar surface area (TPSA) is 51.0 Å². The number of nitrogens with zero attached hydrogens (tertiary/aromatic N) is 4. The Morgan fingerprint density at radius 2 is 2.04 bits per heavy atom. The molecule has 0 fully saturated rings. The normalized spacial score (nSPS) is 11.2. The molecule has 3 rings (SSSR count). The monoisotopic (exact) mass is 430 g/mol. The number of carbonyl (C=O) groups excluding carboxylic acids is 1. The number of rotatable bonds is 7. The molecule has 3 aromatic rings. The SMILES string of the molecule is CCN(C(=O)CC[AsH]c1ccccc1)c1cn(-c2cccnc2)nc1Cl. The van der Waals surface area contributed by atoms with E-state index < -0.39 is 0 Å². The van der Waals surface area contributed by atoms with Crippen molar-refractivity contribution in [2.75, 3.05) is 11.4 Å². The molecule has 0 aliphatic rings. The van der Waals surface area contributed by atoms with E-state index in [2.05, 4.69) is 22.2 Å². The number of hydrogen-bond donors (Lipinski definition) is 0. The van der Waals surface area contributed by atoms with E-state index in [1.165, 1.54) is 4.35 Å². The fourth-order valence-corrected chi connectivity index (χ4v) is 5.08. The molecule has 26 heavy (non-hydrogen) atoms. The fourth-order valence-electron chi connectivity index (χ4n) is 2.63. The van der Waals surface area contributed by atoms with E-state index in [1.807, 2.05) is 37.3 Å². The molecule has 7 heteroatoms. The predicted molar refractivity (Wildman–Crippen MR) is 107 cm³/mol. The van der Waals surface area contributed by atoms with Crippen molar-refractivity contribution in [3.8, 4) is 5.69 Å². The molecule has 2 heterocycles. The van der Waals surface area contributed by atoms with Crippen molar-refractivity contribution in [2.45, 2.75) is 18.6 Å². The minimum atomic E-state index is -0.298. The molecule has 1 unspecified atom stereocenters. The van der Waals surface area contributed by atoms with Crippen LogP contribution in [0.15, 0.2) is 61.1 Å². The van der Waals surface area contributed by atoms with Crippen LogP contribution in [0, 0.1) is 0 Å². The average molecular weight is 431 g/mol. The summed E-state index contributed by atoms with van der Waals surface area (Å²) in [7, 11) is 0. The van der Waals surface area contributed by atoms with Crippen molar-refractivity contribution in [3.63, 3.8) is 0 Å². The summed E-state index contributed by atoms with van der Waals surface area (Å²) in [4.78, 5) is 18.5. The molecule has 0 spiro atoms. The Balaban J connectivity index is 1.68. The third-order valence-corrected chi connectivity index (χ3v) is 6.79. The van der Waals surface area contributed by atoms with Crippen LogP contribution in [0.5, 0.6) is 0 Å². The minimum absolute atomic E-state index is 0.0832. The van der Waals surface area contributed by atoms with Crippen molar-refractivity contribution in [1.29, 1.82) is 0 Å². The van der Waals surface area contributed by atoms with E-state index in [-0.39, 0.29) is 21.7 Å². The van der Waals surface area contributed by atoms with Crippen molar-refractivity contribution >= 4 is 43.3 Å². The van der Waals surface area contributed by atoms with Gasteiger partial charge in [0.2, 0.25) is 0 Å². The van der Waals surface area contributed by atoms with Crippen molar-refractivity contribution < 1.29 is 4.79 Å². The second-order valence-electron chi connectivity index (χ2n) is 5.64. The van der Waals surface area contributed by atoms with Gasteiger partial charge >= 0.3 is 165 Å². The Bertz CT molecular complexity index is 854. The van der Waals surface area contributed by atoms with Crippen molar-refractivity contribution in [1.82, 2.24) is 14.8 Å². The van der Waals surface area contributed by atoms with Gasteiger partial charge in [-0.05, 0) is 0 Å². The second kappa shape index (κ2) is 9.02. The van der Waals surface area contributed by atoms with Crippen molar-refractivity contribution in [2.24, 2.45) is 0 Å². The Kier molecular flexibility index (Phi) is 6.48. The predicted octanol–water partition coefficient (Wildman–Crippen LogP) is 2.84. The standard InChI is InChI=1S/C19H20AsClN4O/c1-2-24(18(26)10-11-20-15-7-4-3-5-8-15)17-14-25(23-19(17)21)16-9-6-12-22-13-16/h3-9,12-14,20H,2,10-11H2,1H3. The van der Waals surface area contributed by atoms with Crippen LogP contribution in [-0.2, 0) is 4.79 Å². The van der Waals surface area contributed by atoms with Gasteiger partial charge in [-0.25, -0.2) is 0 Å². The van der Waals surface area contributed by atoms with Gasteiger partial charge in [-0.15, -0.1) is 0 Å². The number of aromatic nitrogens is 3. The third kappa shape index (κ3) is 4.54. The molecule has 0 saturated carbocycles. The van der Waals surface area contributed by atoms with Gasteiger partial charge < -0.3 is 0 Å². The van der Waals surface area contributed by atoms with E-state index in [4.69, 9.17) is 11.6 Å². The number of halogens is 1. The first-order valence-electron chi connectivity index (χ1n) is 8.44. The van der Waals surface area contributed by atoms with Crippen LogP contribution in [0.2, 0.25) is 10.4 Å². The molecule has 0 N–H and O–H groups in total. The molecular formula is C19H20AsClN4O. The summed E-state index contributed by atoms with van der Waals surface area (Å²) in [6, 6.07) is 14.1. The number of carbonyl (C=O) groups is 1. The van der Waals surface area contributed by atoms with Crippen LogP contribution in [0.1, 0.15) is 13.3 Å². The van der Waals surface area contributed by atoms with Gasteiger partial charge in [-0.3, -0.25) is 0 Å². The molecule has 0 saturated heterocycles. The fraction of sp³-hybridized carbons (Fsp3) is 0.211. The van der Waals surface area contributed by atoms with Gasteiger partial charge in [-0.1, -0.05) is 0 Å². The summed E-state index contributed by atoms with van der Waals surface area (Å²) in [5.74, 6) is 0.0832. The van der Waals surface area contributed by atoms with Crippen LogP contribution >= 0.6 is 11.6 Å². The second-order valence-corrected chi connectivity index (χ2v) is 9.00. The Hall–Kier alpha value is -2.10. The van der Waals surface area contributed by atoms with Crippen LogP contribution in [-0.4, -0.2) is 43.0 Å². The summed E-state index contributed by atoms with van der Waals surface area (Å²) in [5.41, 5.74) is 1.45. The van der Waals surface area contributed by atoms with E-state index in [0.717, 1.165) is 10.9 Å². The van der Waals surface area contributed by atoms with Gasteiger partial charge in [0, 0.05) is 0 Å². The van der Waals surface area contributed by atoms with Gasteiger partial charge in [0.25, 0.3) is 0 Å². The summed E-state index contributed by atoms with van der Waals surface area (Å²) < 4.78 is 3.02. The summed E-state index contributed by atoms with van der Waals surface area (Å²) in [5, 5.41) is 5.56. The first-order valence-corrected chi connectivity index (χ1v) is 11.3. The van der Waals surface area contributed by atoms with Crippen molar-refractivity contribution in [3.05, 3.63) is 66.2 Å². The first kappa shape index (κ1) is 18.7. The maximum absolute atomic E-state index is 12.7. The van der Waals surface area contributed by atoms with E-state index in [1.54, 1.807) is 28.2 Å². The Morgan fingerprint density at radius 1 is 1.23 bits per heavy atom. The van der Waals surface area contributed by atoms with Gasteiger partial charge in [0.05, 0.1) is 0 Å². The van der Waals surface area contributed by atoms with Gasteiger partial charge in [-0.2, -0.15) is 0 Å². The number of anilines is 1. The average Bonchev–Trinajstić information content (AvgIpc) is 3.06. The zero-order valence-electron chi connectivity index (χ0n) is 14.5. The van der Waals surface area contributed by atoms with Crippen LogP contribution in [0.4, 0.5) is 5.69 Å². The zero-order valence-corrected chi connectivity index (χ0v) is 17.3. The third-order valence-electron chi connectivity index (χ3n) is 3.91. The molecule has 0 radical (unpaired) electrons. The van der Waals surface area contributed by atoms with E-state index in [9.17, 15) is 4.79 Å². The van der Waals surface area contributed by atoms with Crippen LogP contribution < -0.4 is 9.25 Å². The molecule has 0 bridgehead atoms. The molecule has 0 aliphatic carbocycles. The number of pyridine rings is 1. The summed E-state index contributed by atoms with van der Waals surface area (Å²) in [6.07, 6.45) is 5.72. The van der Waals surface area contributed by atoms with Crippen LogP contribution in [0.3, 0.4) is 0 Å². The Labute approximate surface area is 164 Å². The van der Waals surface area contributed by atoms with E-state index >= 15 is 0 Å². The molecule has 0 aliphatic heterocycles. The van der Waals surface area contributed by atoms with Gasteiger partial charge in [0.1, 0.15) is 0 Å². The summed E-state index contributed by atoms with van der Waals surface area (Å²) in [6.45, 7) is 2.51. The molecule has 1 aromatic carbocycles. The quantitative estimate of drug-likeness (QED) is 0.542. The molecular weight excluding hydrogens is 411 g/mol. The zero-order chi connectivity index (χ0) is 18.4. The Morgan fingerprint density at radius 3 is 2.73 bits per heavy atom. The molecule has 2 aromatic heterocycles. The molecule has 134 valence electrons. The maximum atomic E-state index is 12.7. The number of benzene rings is 1. The number of hydrogen-bond acceptors (Lipinski definition) is 3. The van der Waals surface area contributed by atoms with Gasteiger partial charge in [0.15, 0.2) is 0 Å². The first-order chi connectivity index (χ1) is 12.7. The molecule has 1 atom stereocenters. The summed E-state index contributed by atoms with van der Waals surface area (Å²) >= 11 is 6.01.